The van der Waals surface area contributed by atoms with E-state index in [0.29, 0.717) is 0 Å². The summed E-state index contributed by atoms with van der Waals surface area (Å²) in [6.07, 6.45) is 0. The first-order valence-electron chi connectivity index (χ1n) is 16.8. The van der Waals surface area contributed by atoms with E-state index in [0.717, 1.165) is 22.7 Å². The van der Waals surface area contributed by atoms with E-state index in [1.807, 2.05) is 11.3 Å². The van der Waals surface area contributed by atoms with Gasteiger partial charge in [0.2, 0.25) is 0 Å². The molecule has 2 bridgehead atoms. The van der Waals surface area contributed by atoms with Crippen molar-refractivity contribution in [1.82, 2.24) is 0 Å². The Kier molecular flexibility index (Phi) is 5.93. The molecule has 230 valence electrons. The van der Waals surface area contributed by atoms with Gasteiger partial charge in [-0.1, -0.05) is 0 Å². The van der Waals surface area contributed by atoms with E-state index in [-0.39, 0.29) is 0 Å². The van der Waals surface area contributed by atoms with Crippen molar-refractivity contribution < 1.29 is 0 Å². The van der Waals surface area contributed by atoms with Gasteiger partial charge >= 0.3 is 287 Å². The fourth-order valence-corrected chi connectivity index (χ4v) is 13.1. The van der Waals surface area contributed by atoms with Crippen molar-refractivity contribution >= 4 is 84.1 Å². The second-order valence-electron chi connectivity index (χ2n) is 13.7. The molecule has 2 nitrogen and oxygen atoms in total. The van der Waals surface area contributed by atoms with Crippen LogP contribution >= 0.6 is 11.3 Å². The third-order valence-corrected chi connectivity index (χ3v) is 15.8. The van der Waals surface area contributed by atoms with Crippen molar-refractivity contribution in [3.63, 3.8) is 0 Å². The Morgan fingerprint density at radius 2 is 0.958 bits per heavy atom. The first-order chi connectivity index (χ1) is 23.6. The van der Waals surface area contributed by atoms with E-state index in [9.17, 15) is 0 Å². The van der Waals surface area contributed by atoms with Crippen LogP contribution in [-0.2, 0) is 0 Å². The summed E-state index contributed by atoms with van der Waals surface area (Å²) in [5.41, 5.74) is 12.3. The summed E-state index contributed by atoms with van der Waals surface area (Å²) >= 11 is 1.88. The van der Waals surface area contributed by atoms with Gasteiger partial charge in [-0.2, -0.15) is 0 Å². The van der Waals surface area contributed by atoms with Crippen LogP contribution in [0.15, 0.2) is 158 Å². The Balaban J connectivity index is 1.30. The summed E-state index contributed by atoms with van der Waals surface area (Å²) in [5.74, 6) is 0. The van der Waals surface area contributed by atoms with Gasteiger partial charge in [-0.05, 0) is 0 Å². The van der Waals surface area contributed by atoms with Crippen LogP contribution in [0.3, 0.4) is 0 Å². The molecule has 0 spiro atoms. The molecule has 8 aromatic rings. The van der Waals surface area contributed by atoms with Crippen LogP contribution in [0.1, 0.15) is 0 Å². The van der Waals surface area contributed by atoms with Gasteiger partial charge in [-0.15, -0.1) is 0 Å². The first-order valence-corrected chi connectivity index (χ1v) is 21.1. The number of nitrogens with zero attached hydrogens (tertiary/aromatic N) is 2. The average molecular weight is 650 g/mol. The van der Waals surface area contributed by atoms with Crippen LogP contribution < -0.4 is 20.2 Å². The van der Waals surface area contributed by atoms with E-state index in [2.05, 4.69) is 181 Å². The van der Waals surface area contributed by atoms with Crippen LogP contribution in [-0.4, -0.2) is 8.07 Å². The number of rotatable bonds is 3. The summed E-state index contributed by atoms with van der Waals surface area (Å²) in [6.45, 7) is 5.05. The predicted molar refractivity (Wildman–Crippen MR) is 211 cm³/mol. The normalized spacial score (nSPS) is 14.8. The number of anilines is 6. The molecule has 0 radical (unpaired) electrons. The maximum atomic E-state index is 2.53. The van der Waals surface area contributed by atoms with E-state index < -0.39 is 8.07 Å². The third kappa shape index (κ3) is 3.97. The predicted octanol–water partition coefficient (Wildman–Crippen LogP) is 11.5. The Morgan fingerprint density at radius 3 is 1.56 bits per heavy atom. The van der Waals surface area contributed by atoms with Crippen LogP contribution in [0, 0.1) is 0 Å². The Hall–Kier alpha value is -5.42. The zero-order chi connectivity index (χ0) is 32.0. The molecule has 2 aliphatic heterocycles. The van der Waals surface area contributed by atoms with Gasteiger partial charge < -0.3 is 0 Å². The van der Waals surface area contributed by atoms with Crippen molar-refractivity contribution in [2.45, 2.75) is 13.1 Å². The Bertz CT molecular complexity index is 2430. The molecular formula is C44H33N2SSi-. The molecule has 0 fully saturated rings. The van der Waals surface area contributed by atoms with Crippen LogP contribution in [0.4, 0.5) is 34.1 Å². The first kappa shape index (κ1) is 27.7. The van der Waals surface area contributed by atoms with Gasteiger partial charge in [-0.3, -0.25) is 0 Å². The second-order valence-corrected chi connectivity index (χ2v) is 19.8. The van der Waals surface area contributed by atoms with Gasteiger partial charge in [0, 0.05) is 0 Å². The van der Waals surface area contributed by atoms with E-state index in [1.165, 1.54) is 53.8 Å². The van der Waals surface area contributed by atoms with E-state index >= 15 is 0 Å². The van der Waals surface area contributed by atoms with Gasteiger partial charge in [0.05, 0.1) is 0 Å². The van der Waals surface area contributed by atoms with E-state index in [4.69, 9.17) is 0 Å². The Morgan fingerprint density at radius 1 is 0.417 bits per heavy atom. The molecule has 7 aromatic carbocycles. The minimum atomic E-state index is -2.20. The van der Waals surface area contributed by atoms with Gasteiger partial charge in [0.1, 0.15) is 0 Å². The monoisotopic (exact) mass is 649 g/mol. The molecule has 0 N–H and O–H groups in total. The van der Waals surface area contributed by atoms with Crippen LogP contribution in [0.2, 0.25) is 13.1 Å². The molecule has 0 unspecified atom stereocenters. The SMILES string of the molecule is C[SiH-]1(C)c2ccccc2-c2ccc(-c3cc4cc(c3)N(c3ccccc3)c3cccc5sc6cccc(c6c35)N4c3ccccc3)cc21. The topological polar surface area (TPSA) is 6.48 Å². The molecule has 0 saturated carbocycles. The van der Waals surface area contributed by atoms with Crippen molar-refractivity contribution in [3.05, 3.63) is 158 Å². The molecule has 10 rings (SSSR count). The van der Waals surface area contributed by atoms with Gasteiger partial charge in [0.15, 0.2) is 0 Å². The fourth-order valence-electron chi connectivity index (χ4n) is 8.36. The maximum absolute atomic E-state index is 2.53. The molecule has 1 aromatic heterocycles. The molecule has 4 heteroatoms. The zero-order valence-corrected chi connectivity index (χ0v) is 28.9. The molecule has 0 amide bonds. The molecule has 0 aliphatic carbocycles. The van der Waals surface area contributed by atoms with Crippen molar-refractivity contribution in [1.29, 1.82) is 0 Å². The number of benzene rings is 7. The molecule has 0 atom stereocenters. The van der Waals surface area contributed by atoms with Crippen molar-refractivity contribution in [2.75, 3.05) is 9.80 Å². The number of fused-ring (bicyclic) bond motifs is 5. The van der Waals surface area contributed by atoms with Gasteiger partial charge in [-0.25, -0.2) is 0 Å². The summed E-state index contributed by atoms with van der Waals surface area (Å²) < 4.78 is 2.59. The summed E-state index contributed by atoms with van der Waals surface area (Å²) in [4.78, 5) is 4.94. The van der Waals surface area contributed by atoms with Gasteiger partial charge in [0.25, 0.3) is 0 Å². The molecule has 48 heavy (non-hydrogen) atoms. The quantitative estimate of drug-likeness (QED) is 0.176. The fraction of sp³-hybridized carbons (Fsp3) is 0.0455. The molecule has 2 aliphatic rings. The number of hydrogen-bond acceptors (Lipinski definition) is 3. The van der Waals surface area contributed by atoms with Crippen molar-refractivity contribution in [3.8, 4) is 22.3 Å². The number of hydrogen-bond donors (Lipinski definition) is 0. The second kappa shape index (κ2) is 10.3. The molecule has 3 heterocycles. The standard InChI is InChI=1S/C44H33N2SSi/c1-48(2)41-22-10-9-17-35(41)36-24-23-29(27-42(36)48)30-25-33-28-34(26-30)46(32-15-7-4-8-16-32)38-19-12-21-40-44(38)43-37(18-11-20-39(43)47-40)45(33)31-13-5-3-6-14-31/h3-28,48H,1-2H3/q-1. The zero-order valence-electron chi connectivity index (χ0n) is 26.9. The van der Waals surface area contributed by atoms with Crippen molar-refractivity contribution in [2.24, 2.45) is 0 Å². The number of thiophene rings is 1. The average Bonchev–Trinajstić information content (AvgIpc) is 3.63. The summed E-state index contributed by atoms with van der Waals surface area (Å²) in [5, 5.41) is 5.71. The minimum absolute atomic E-state index is 1.15. The third-order valence-electron chi connectivity index (χ3n) is 10.6. The van der Waals surface area contributed by atoms with Crippen LogP contribution in [0.5, 0.6) is 0 Å². The van der Waals surface area contributed by atoms with Crippen LogP contribution in [0.25, 0.3) is 42.4 Å². The summed E-state index contributed by atoms with van der Waals surface area (Å²) in [6, 6.07) is 58.8. The summed E-state index contributed by atoms with van der Waals surface area (Å²) in [7, 11) is -2.20. The molecular weight excluding hydrogens is 617 g/mol. The number of para-hydroxylation sites is 2. The Labute approximate surface area is 285 Å². The molecule has 0 saturated heterocycles. The van der Waals surface area contributed by atoms with E-state index in [1.54, 1.807) is 10.4 Å².